The molecular weight excluding hydrogens is 575 g/mol. The van der Waals surface area contributed by atoms with Crippen molar-refractivity contribution >= 4 is 65.4 Å². The third-order valence-corrected chi connectivity index (χ3v) is 6.88. The summed E-state index contributed by atoms with van der Waals surface area (Å²) < 4.78 is 11.2. The highest BCUT2D eigenvalue weighted by Crippen LogP contribution is 2.29. The third-order valence-electron chi connectivity index (χ3n) is 6.88. The Morgan fingerprint density at radius 2 is 0.822 bits per heavy atom. The van der Waals surface area contributed by atoms with Crippen LogP contribution in [0.25, 0.3) is 0 Å². The quantitative estimate of drug-likeness (QED) is 0.111. The second-order valence-corrected chi connectivity index (χ2v) is 10.0. The maximum absolute atomic E-state index is 11.9. The van der Waals surface area contributed by atoms with Crippen LogP contribution >= 0.6 is 0 Å². The molecule has 0 unspecified atom stereocenters. The number of carbonyl (C=O) groups excluding carboxylic acids is 4. The van der Waals surface area contributed by atoms with E-state index in [4.69, 9.17) is 9.31 Å². The number of benzene rings is 4. The Bertz CT molecular complexity index is 1660. The molecule has 2 aliphatic rings. The predicted molar refractivity (Wildman–Crippen MR) is 165 cm³/mol. The number of carbonyl (C=O) groups is 4. The van der Waals surface area contributed by atoms with E-state index in [1.807, 2.05) is 0 Å². The zero-order valence-electron chi connectivity index (χ0n) is 23.8. The highest BCUT2D eigenvalue weighted by atomic mass is 16.6. The van der Waals surface area contributed by atoms with Crippen molar-refractivity contribution in [2.45, 2.75) is 25.7 Å². The second-order valence-electron chi connectivity index (χ2n) is 10.0. The Morgan fingerprint density at radius 3 is 1.20 bits per heavy atom. The number of imide groups is 2. The van der Waals surface area contributed by atoms with E-state index in [9.17, 15) is 19.2 Å². The predicted octanol–water partition coefficient (Wildman–Crippen LogP) is 6.82. The molecule has 2 heterocycles. The molecule has 45 heavy (non-hydrogen) atoms. The van der Waals surface area contributed by atoms with Gasteiger partial charge in [0.25, 0.3) is 0 Å². The summed E-state index contributed by atoms with van der Waals surface area (Å²) >= 11 is 0. The number of amides is 4. The van der Waals surface area contributed by atoms with Crippen molar-refractivity contribution in [1.29, 1.82) is 0 Å². The van der Waals surface area contributed by atoms with Gasteiger partial charge in [0.05, 0.1) is 34.1 Å². The van der Waals surface area contributed by atoms with Crippen LogP contribution in [0.3, 0.4) is 0 Å². The lowest BCUT2D eigenvalue weighted by Gasteiger charge is -2.13. The van der Waals surface area contributed by atoms with Crippen molar-refractivity contribution in [3.05, 3.63) is 97.1 Å². The Kier molecular flexibility index (Phi) is 8.49. The van der Waals surface area contributed by atoms with Gasteiger partial charge in [0.1, 0.15) is 11.5 Å². The lowest BCUT2D eigenvalue weighted by molar-refractivity contribution is -0.122. The van der Waals surface area contributed by atoms with E-state index >= 15 is 0 Å². The lowest BCUT2D eigenvalue weighted by Crippen LogP contribution is -2.28. The normalized spacial score (nSPS) is 15.1. The Morgan fingerprint density at radius 1 is 0.467 bits per heavy atom. The van der Waals surface area contributed by atoms with E-state index in [1.165, 1.54) is 17.5 Å². The van der Waals surface area contributed by atoms with Crippen LogP contribution < -0.4 is 19.1 Å². The molecule has 0 aromatic heterocycles. The minimum atomic E-state index is -0.207. The van der Waals surface area contributed by atoms with Crippen LogP contribution in [0.5, 0.6) is 11.5 Å². The van der Waals surface area contributed by atoms with Crippen molar-refractivity contribution in [3.63, 3.8) is 0 Å². The largest absolute Gasteiger partial charge is 0.658 e. The maximum Gasteiger partial charge on any atom is 0.658 e. The fraction of sp³-hybridized carbons (Fsp3) is 0.125. The van der Waals surface area contributed by atoms with Gasteiger partial charge in [-0.05, 0) is 72.8 Å². The summed E-state index contributed by atoms with van der Waals surface area (Å²) in [6, 6.07) is 27.3. The van der Waals surface area contributed by atoms with Crippen LogP contribution in [-0.2, 0) is 19.2 Å². The minimum Gasteiger partial charge on any atom is -0.526 e. The average molecular weight is 599 g/mol. The van der Waals surface area contributed by atoms with Gasteiger partial charge in [-0.2, -0.15) is 20.5 Å². The molecule has 0 N–H and O–H groups in total. The molecule has 13 heteroatoms. The molecule has 4 aromatic rings. The van der Waals surface area contributed by atoms with Crippen LogP contribution in [0.2, 0.25) is 0 Å². The Balaban J connectivity index is 1.01. The Hall–Kier alpha value is -5.98. The number of azo groups is 2. The summed E-state index contributed by atoms with van der Waals surface area (Å²) in [6.45, 7) is 0. The molecule has 12 nitrogen and oxygen atoms in total. The average Bonchev–Trinajstić information content (AvgIpc) is 3.58. The van der Waals surface area contributed by atoms with Gasteiger partial charge in [0.2, 0.25) is 23.6 Å². The number of hydrogen-bond acceptors (Lipinski definition) is 10. The van der Waals surface area contributed by atoms with Gasteiger partial charge < -0.3 is 9.31 Å². The second kappa shape index (κ2) is 13.1. The van der Waals surface area contributed by atoms with E-state index in [-0.39, 0.29) is 49.3 Å². The van der Waals surface area contributed by atoms with Crippen LogP contribution in [-0.4, -0.2) is 31.3 Å². The topological polar surface area (TPSA) is 143 Å². The first-order chi connectivity index (χ1) is 21.9. The zero-order chi connectivity index (χ0) is 31.2. The van der Waals surface area contributed by atoms with E-state index in [0.717, 1.165) is 0 Å². The van der Waals surface area contributed by atoms with Crippen molar-refractivity contribution < 1.29 is 28.5 Å². The molecule has 0 aliphatic carbocycles. The number of anilines is 2. The van der Waals surface area contributed by atoms with Crippen molar-refractivity contribution in [2.75, 3.05) is 9.80 Å². The van der Waals surface area contributed by atoms with Crippen molar-refractivity contribution in [2.24, 2.45) is 20.5 Å². The highest BCUT2D eigenvalue weighted by Gasteiger charge is 2.31. The van der Waals surface area contributed by atoms with Gasteiger partial charge in [-0.25, -0.2) is 0 Å². The van der Waals surface area contributed by atoms with Crippen LogP contribution in [0.1, 0.15) is 25.7 Å². The standard InChI is InChI=1S/C32H24BN6O6/c40-29-15-16-30(41)38(29)25-11-7-21(8-12-25)34-36-23-3-1-5-27(19-23)44-33-45-28-6-2-4-24(20-28)37-35-22-9-13-26(14-10-22)39-31(42)17-18-32(39)43/h1-14,19-20H,15-18H2. The van der Waals surface area contributed by atoms with E-state index in [0.29, 0.717) is 45.6 Å². The molecule has 0 bridgehead atoms. The molecule has 1 radical (unpaired) electrons. The number of hydrogen-bond donors (Lipinski definition) is 0. The van der Waals surface area contributed by atoms with Crippen LogP contribution in [0.4, 0.5) is 34.1 Å². The van der Waals surface area contributed by atoms with Crippen molar-refractivity contribution in [3.8, 4) is 11.5 Å². The molecule has 221 valence electrons. The molecule has 6 rings (SSSR count). The number of rotatable bonds is 10. The zero-order valence-corrected chi connectivity index (χ0v) is 23.8. The molecule has 4 aromatic carbocycles. The van der Waals surface area contributed by atoms with Crippen LogP contribution in [0, 0.1) is 0 Å². The summed E-state index contributed by atoms with van der Waals surface area (Å²) in [5.41, 5.74) is 3.24. The molecule has 0 spiro atoms. The first-order valence-electron chi connectivity index (χ1n) is 14.0. The van der Waals surface area contributed by atoms with E-state index in [2.05, 4.69) is 20.5 Å². The maximum atomic E-state index is 11.9. The summed E-state index contributed by atoms with van der Waals surface area (Å²) in [4.78, 5) is 50.1. The highest BCUT2D eigenvalue weighted by molar-refractivity contribution is 6.21. The summed E-state index contributed by atoms with van der Waals surface area (Å²) in [5, 5.41) is 16.9. The molecule has 0 atom stereocenters. The minimum absolute atomic E-state index is 0.207. The molecule has 4 amide bonds. The summed E-state index contributed by atoms with van der Waals surface area (Å²) in [5.74, 6) is 0.126. The van der Waals surface area contributed by atoms with Gasteiger partial charge in [-0.1, -0.05) is 12.1 Å². The SMILES string of the molecule is O=C1CCC(=O)N1c1ccc(N=Nc2cccc(O[B]Oc3cccc(N=Nc4ccc(N5C(=O)CCC5=O)cc4)c3)c2)cc1. The van der Waals surface area contributed by atoms with Gasteiger partial charge in [0, 0.05) is 37.8 Å². The van der Waals surface area contributed by atoms with Gasteiger partial charge in [0.15, 0.2) is 0 Å². The monoisotopic (exact) mass is 599 g/mol. The van der Waals surface area contributed by atoms with Gasteiger partial charge in [-0.3, -0.25) is 29.0 Å². The fourth-order valence-electron chi connectivity index (χ4n) is 4.67. The lowest BCUT2D eigenvalue weighted by atomic mass is 10.2. The van der Waals surface area contributed by atoms with E-state index in [1.54, 1.807) is 97.1 Å². The molecule has 0 saturated carbocycles. The Labute approximate surface area is 258 Å². The molecule has 2 aliphatic heterocycles. The third kappa shape index (κ3) is 6.99. The molecule has 2 saturated heterocycles. The van der Waals surface area contributed by atoms with Gasteiger partial charge in [-0.15, -0.1) is 0 Å². The van der Waals surface area contributed by atoms with Gasteiger partial charge >= 0.3 is 7.69 Å². The summed E-state index contributed by atoms with van der Waals surface area (Å²) in [6.07, 6.45) is 0.914. The summed E-state index contributed by atoms with van der Waals surface area (Å²) in [7, 11) is 1.19. The van der Waals surface area contributed by atoms with E-state index < -0.39 is 0 Å². The van der Waals surface area contributed by atoms with Crippen molar-refractivity contribution in [1.82, 2.24) is 0 Å². The molecular formula is C32H24BN6O6. The fourth-order valence-corrected chi connectivity index (χ4v) is 4.67. The smallest absolute Gasteiger partial charge is 0.526 e. The number of nitrogens with zero attached hydrogens (tertiary/aromatic N) is 6. The molecule has 2 fully saturated rings. The van der Waals surface area contributed by atoms with Crippen LogP contribution in [0.15, 0.2) is 118 Å². The first-order valence-corrected chi connectivity index (χ1v) is 14.0. The first kappa shape index (κ1) is 29.1.